The monoisotopic (exact) mass is 404 g/mol. The molecule has 0 unspecified atom stereocenters. The van der Waals surface area contributed by atoms with Crippen molar-refractivity contribution < 1.29 is 9.21 Å². The number of hydrazone groups is 1. The number of nitrogens with one attached hydrogen (secondary N) is 2. The molecule has 6 nitrogen and oxygen atoms in total. The highest BCUT2D eigenvalue weighted by Crippen LogP contribution is 2.26. The number of nitrogens with zero attached hydrogens (tertiary/aromatic N) is 2. The second-order valence-corrected chi connectivity index (χ2v) is 6.81. The molecule has 2 heterocycles. The molecule has 0 aliphatic rings. The van der Waals surface area contributed by atoms with Crippen LogP contribution in [0, 0.1) is 6.92 Å². The smallest absolute Gasteiger partial charge is 0.289 e. The molecule has 0 bridgehead atoms. The van der Waals surface area contributed by atoms with Gasteiger partial charge in [-0.1, -0.05) is 54.1 Å². The van der Waals surface area contributed by atoms with Gasteiger partial charge in [0.25, 0.3) is 5.91 Å². The number of H-pyrrole nitrogens is 1. The number of furan rings is 1. The second kappa shape index (κ2) is 8.16. The Morgan fingerprint density at radius 3 is 2.72 bits per heavy atom. The van der Waals surface area contributed by atoms with E-state index in [1.54, 1.807) is 12.1 Å². The highest BCUT2D eigenvalue weighted by Gasteiger charge is 2.10. The van der Waals surface area contributed by atoms with E-state index in [2.05, 4.69) is 20.7 Å². The van der Waals surface area contributed by atoms with E-state index in [1.165, 1.54) is 6.21 Å². The van der Waals surface area contributed by atoms with Crippen molar-refractivity contribution in [2.24, 2.45) is 5.10 Å². The topological polar surface area (TPSA) is 83.3 Å². The van der Waals surface area contributed by atoms with Crippen LogP contribution in [0.3, 0.4) is 0 Å². The first-order valence-electron chi connectivity index (χ1n) is 8.91. The minimum absolute atomic E-state index is 0.315. The van der Waals surface area contributed by atoms with Crippen molar-refractivity contribution in [2.75, 3.05) is 0 Å². The predicted molar refractivity (Wildman–Crippen MR) is 113 cm³/mol. The van der Waals surface area contributed by atoms with E-state index < -0.39 is 5.91 Å². The Kier molecular flexibility index (Phi) is 5.27. The molecule has 0 fully saturated rings. The molecule has 0 aliphatic heterocycles. The number of benzene rings is 2. The third-order valence-electron chi connectivity index (χ3n) is 4.33. The first-order chi connectivity index (χ1) is 14.1. The van der Waals surface area contributed by atoms with Gasteiger partial charge in [-0.3, -0.25) is 9.89 Å². The summed E-state index contributed by atoms with van der Waals surface area (Å²) >= 11 is 6.16. The Labute approximate surface area is 172 Å². The van der Waals surface area contributed by atoms with Gasteiger partial charge in [0, 0.05) is 16.1 Å². The highest BCUT2D eigenvalue weighted by molar-refractivity contribution is 6.31. The number of hydrogen-bond donors (Lipinski definition) is 2. The van der Waals surface area contributed by atoms with Gasteiger partial charge in [0.15, 0.2) is 0 Å². The number of hydrogen-bond acceptors (Lipinski definition) is 4. The van der Waals surface area contributed by atoms with Gasteiger partial charge in [0.2, 0.25) is 0 Å². The van der Waals surface area contributed by atoms with E-state index in [1.807, 2.05) is 61.5 Å². The maximum absolute atomic E-state index is 12.2. The largest absolute Gasteiger partial charge is 0.455 e. The van der Waals surface area contributed by atoms with Crippen LogP contribution in [-0.4, -0.2) is 22.3 Å². The standard InChI is InChI=1S/C22H17ClN4O2/c1-14-7-8-16(11-18(14)23)21-10-9-17(29-21)13-24-27-22(28)20-12-19(25-26-20)15-5-3-2-4-6-15/h2-13H,1H3,(H,25,26)(H,27,28)/b24-13-. The summed E-state index contributed by atoms with van der Waals surface area (Å²) in [5.41, 5.74) is 6.25. The Morgan fingerprint density at radius 1 is 1.10 bits per heavy atom. The molecule has 1 amide bonds. The summed E-state index contributed by atoms with van der Waals surface area (Å²) in [6.07, 6.45) is 1.44. The van der Waals surface area contributed by atoms with Gasteiger partial charge in [0.05, 0.1) is 11.9 Å². The van der Waals surface area contributed by atoms with Gasteiger partial charge >= 0.3 is 0 Å². The predicted octanol–water partition coefficient (Wildman–Crippen LogP) is 5.06. The molecular formula is C22H17ClN4O2. The Hall–Kier alpha value is -3.64. The number of rotatable bonds is 5. The molecule has 0 aliphatic carbocycles. The minimum atomic E-state index is -0.395. The average molecular weight is 405 g/mol. The summed E-state index contributed by atoms with van der Waals surface area (Å²) in [4.78, 5) is 12.2. The van der Waals surface area contributed by atoms with Crippen LogP contribution in [0.25, 0.3) is 22.6 Å². The third-order valence-corrected chi connectivity index (χ3v) is 4.74. The van der Waals surface area contributed by atoms with Gasteiger partial charge in [0.1, 0.15) is 17.2 Å². The lowest BCUT2D eigenvalue weighted by atomic mass is 10.1. The third kappa shape index (κ3) is 4.28. The van der Waals surface area contributed by atoms with E-state index in [9.17, 15) is 4.79 Å². The molecule has 0 radical (unpaired) electrons. The molecule has 2 aromatic carbocycles. The van der Waals surface area contributed by atoms with Gasteiger partial charge in [-0.2, -0.15) is 10.2 Å². The van der Waals surface area contributed by atoms with Crippen LogP contribution in [0.5, 0.6) is 0 Å². The fourth-order valence-electron chi connectivity index (χ4n) is 2.73. The van der Waals surface area contributed by atoms with E-state index in [0.29, 0.717) is 27.9 Å². The summed E-state index contributed by atoms with van der Waals surface area (Å²) in [5.74, 6) is 0.778. The van der Waals surface area contributed by atoms with Crippen LogP contribution in [0.4, 0.5) is 0 Å². The number of carbonyl (C=O) groups excluding carboxylic acids is 1. The van der Waals surface area contributed by atoms with Gasteiger partial charge < -0.3 is 4.42 Å². The zero-order valence-corrected chi connectivity index (χ0v) is 16.3. The van der Waals surface area contributed by atoms with Crippen LogP contribution < -0.4 is 5.43 Å². The highest BCUT2D eigenvalue weighted by atomic mass is 35.5. The number of aromatic nitrogens is 2. The van der Waals surface area contributed by atoms with Gasteiger partial charge in [-0.25, -0.2) is 5.43 Å². The first-order valence-corrected chi connectivity index (χ1v) is 9.28. The SMILES string of the molecule is Cc1ccc(-c2ccc(/C=N\NC(=O)c3cc(-c4ccccc4)n[nH]3)o2)cc1Cl. The molecule has 29 heavy (non-hydrogen) atoms. The van der Waals surface area contributed by atoms with Crippen molar-refractivity contribution in [1.29, 1.82) is 0 Å². The minimum Gasteiger partial charge on any atom is -0.455 e. The van der Waals surface area contributed by atoms with Crippen LogP contribution in [0.2, 0.25) is 5.02 Å². The van der Waals surface area contributed by atoms with E-state index in [4.69, 9.17) is 16.0 Å². The Bertz CT molecular complexity index is 1180. The van der Waals surface area contributed by atoms with Crippen molar-refractivity contribution >= 4 is 23.7 Å². The van der Waals surface area contributed by atoms with Crippen LogP contribution >= 0.6 is 11.6 Å². The van der Waals surface area contributed by atoms with Gasteiger partial charge in [-0.15, -0.1) is 0 Å². The zero-order chi connectivity index (χ0) is 20.2. The fourth-order valence-corrected chi connectivity index (χ4v) is 2.91. The quantitative estimate of drug-likeness (QED) is 0.360. The summed E-state index contributed by atoms with van der Waals surface area (Å²) in [6.45, 7) is 1.94. The number of carbonyl (C=O) groups is 1. The molecule has 0 saturated heterocycles. The molecule has 0 saturated carbocycles. The first kappa shape index (κ1) is 18.7. The summed E-state index contributed by atoms with van der Waals surface area (Å²) in [7, 11) is 0. The van der Waals surface area contributed by atoms with Crippen LogP contribution in [-0.2, 0) is 0 Å². The normalized spacial score (nSPS) is 11.1. The summed E-state index contributed by atoms with van der Waals surface area (Å²) in [6, 6.07) is 20.6. The van der Waals surface area contributed by atoms with E-state index >= 15 is 0 Å². The zero-order valence-electron chi connectivity index (χ0n) is 15.5. The van der Waals surface area contributed by atoms with Crippen molar-refractivity contribution in [2.45, 2.75) is 6.92 Å². The lowest BCUT2D eigenvalue weighted by Crippen LogP contribution is -2.17. The maximum Gasteiger partial charge on any atom is 0.289 e. The summed E-state index contributed by atoms with van der Waals surface area (Å²) < 4.78 is 5.73. The molecule has 144 valence electrons. The Balaban J connectivity index is 1.40. The molecule has 4 aromatic rings. The lowest BCUT2D eigenvalue weighted by Gasteiger charge is -2.00. The molecule has 7 heteroatoms. The van der Waals surface area contributed by atoms with Crippen molar-refractivity contribution in [3.63, 3.8) is 0 Å². The second-order valence-electron chi connectivity index (χ2n) is 6.40. The molecule has 2 aromatic heterocycles. The molecule has 4 rings (SSSR count). The van der Waals surface area contributed by atoms with Crippen molar-refractivity contribution in [1.82, 2.24) is 15.6 Å². The van der Waals surface area contributed by atoms with E-state index in [0.717, 1.165) is 16.7 Å². The number of amides is 1. The Morgan fingerprint density at radius 2 is 1.93 bits per heavy atom. The average Bonchev–Trinajstić information content (AvgIpc) is 3.41. The number of halogens is 1. The summed E-state index contributed by atoms with van der Waals surface area (Å²) in [5, 5.41) is 11.5. The van der Waals surface area contributed by atoms with E-state index in [-0.39, 0.29) is 0 Å². The van der Waals surface area contributed by atoms with Crippen molar-refractivity contribution in [3.8, 4) is 22.6 Å². The lowest BCUT2D eigenvalue weighted by molar-refractivity contribution is 0.0950. The maximum atomic E-state index is 12.2. The van der Waals surface area contributed by atoms with Crippen molar-refractivity contribution in [3.05, 3.63) is 88.8 Å². The van der Waals surface area contributed by atoms with Gasteiger partial charge in [-0.05, 0) is 36.8 Å². The number of aryl methyl sites for hydroxylation is 1. The van der Waals surface area contributed by atoms with Crippen LogP contribution in [0.1, 0.15) is 21.8 Å². The number of aromatic amines is 1. The molecule has 0 spiro atoms. The molecule has 2 N–H and O–H groups in total. The molecular weight excluding hydrogens is 388 g/mol. The van der Waals surface area contributed by atoms with Crippen LogP contribution in [0.15, 0.2) is 76.2 Å². The molecule has 0 atom stereocenters. The fraction of sp³-hybridized carbons (Fsp3) is 0.0455.